The summed E-state index contributed by atoms with van der Waals surface area (Å²) >= 11 is 0. The summed E-state index contributed by atoms with van der Waals surface area (Å²) in [7, 11) is 1.33. The van der Waals surface area contributed by atoms with Crippen LogP contribution in [0.25, 0.3) is 0 Å². The molecule has 1 aliphatic rings. The summed E-state index contributed by atoms with van der Waals surface area (Å²) in [5.41, 5.74) is 2.04. The van der Waals surface area contributed by atoms with Crippen molar-refractivity contribution in [2.24, 2.45) is 0 Å². The first-order valence-corrected chi connectivity index (χ1v) is 9.36. The van der Waals surface area contributed by atoms with E-state index < -0.39 is 5.97 Å². The second kappa shape index (κ2) is 8.43. The van der Waals surface area contributed by atoms with E-state index in [4.69, 9.17) is 9.15 Å². The Kier molecular flexibility index (Phi) is 6.01. The third-order valence-electron chi connectivity index (χ3n) is 5.21. The number of nitrogens with zero attached hydrogens (tertiary/aromatic N) is 1. The van der Waals surface area contributed by atoms with Crippen LogP contribution in [0.4, 0.5) is 0 Å². The fourth-order valence-corrected chi connectivity index (χ4v) is 3.78. The van der Waals surface area contributed by atoms with E-state index in [2.05, 4.69) is 15.2 Å². The van der Waals surface area contributed by atoms with Gasteiger partial charge in [-0.1, -0.05) is 6.42 Å². The molecule has 2 aromatic heterocycles. The van der Waals surface area contributed by atoms with E-state index in [-0.39, 0.29) is 11.9 Å². The first-order chi connectivity index (χ1) is 13.0. The number of carbonyl (C=O) groups excluding carboxylic acids is 2. The number of aryl methyl sites for hydroxylation is 1. The summed E-state index contributed by atoms with van der Waals surface area (Å²) in [6.45, 7) is 5.94. The zero-order valence-electron chi connectivity index (χ0n) is 16.1. The molecule has 27 heavy (non-hydrogen) atoms. The monoisotopic (exact) mass is 373 g/mol. The minimum Gasteiger partial charge on any atom is -0.468 e. The molecule has 1 saturated heterocycles. The molecule has 1 atom stereocenters. The van der Waals surface area contributed by atoms with Crippen molar-refractivity contribution in [1.82, 2.24) is 15.2 Å². The molecule has 1 unspecified atom stereocenters. The van der Waals surface area contributed by atoms with Crippen molar-refractivity contribution < 1.29 is 18.7 Å². The highest BCUT2D eigenvalue weighted by molar-refractivity contribution is 6.00. The number of nitrogens with one attached hydrogen (secondary N) is 2. The van der Waals surface area contributed by atoms with Crippen LogP contribution in [0.15, 0.2) is 22.8 Å². The first-order valence-electron chi connectivity index (χ1n) is 9.36. The number of piperidine rings is 1. The molecule has 0 spiro atoms. The van der Waals surface area contributed by atoms with Gasteiger partial charge in [-0.2, -0.15) is 0 Å². The van der Waals surface area contributed by atoms with Gasteiger partial charge in [0.25, 0.3) is 5.91 Å². The van der Waals surface area contributed by atoms with Gasteiger partial charge in [-0.15, -0.1) is 0 Å². The summed E-state index contributed by atoms with van der Waals surface area (Å²) in [4.78, 5) is 30.1. The molecule has 146 valence electrons. The van der Waals surface area contributed by atoms with E-state index in [1.54, 1.807) is 20.1 Å². The maximum atomic E-state index is 12.8. The quantitative estimate of drug-likeness (QED) is 0.760. The van der Waals surface area contributed by atoms with Gasteiger partial charge in [0.1, 0.15) is 11.5 Å². The molecule has 2 aromatic rings. The Morgan fingerprint density at radius 2 is 2.04 bits per heavy atom. The van der Waals surface area contributed by atoms with Crippen molar-refractivity contribution >= 4 is 11.9 Å². The Bertz CT molecular complexity index is 789. The van der Waals surface area contributed by atoms with Crippen molar-refractivity contribution in [2.45, 2.75) is 39.2 Å². The number of hydrogen-bond donors (Lipinski definition) is 2. The maximum absolute atomic E-state index is 12.8. The number of carbonyl (C=O) groups is 2. The van der Waals surface area contributed by atoms with Crippen molar-refractivity contribution in [2.75, 3.05) is 26.7 Å². The van der Waals surface area contributed by atoms with Gasteiger partial charge in [-0.25, -0.2) is 4.79 Å². The number of rotatable bonds is 6. The molecule has 3 heterocycles. The molecule has 2 N–H and O–H groups in total. The van der Waals surface area contributed by atoms with Crippen LogP contribution in [-0.4, -0.2) is 48.5 Å². The number of furan rings is 1. The Morgan fingerprint density at radius 3 is 2.67 bits per heavy atom. The number of amides is 1. The number of hydrogen-bond acceptors (Lipinski definition) is 5. The number of methoxy groups -OCH3 is 1. The van der Waals surface area contributed by atoms with Crippen LogP contribution in [-0.2, 0) is 4.74 Å². The van der Waals surface area contributed by atoms with E-state index in [9.17, 15) is 9.59 Å². The Balaban J connectivity index is 1.74. The lowest BCUT2D eigenvalue weighted by molar-refractivity contribution is 0.0599. The summed E-state index contributed by atoms with van der Waals surface area (Å²) in [6, 6.07) is 3.82. The summed E-state index contributed by atoms with van der Waals surface area (Å²) in [6.07, 6.45) is 5.21. The van der Waals surface area contributed by atoms with Gasteiger partial charge >= 0.3 is 5.97 Å². The fraction of sp³-hybridized carbons (Fsp3) is 0.500. The van der Waals surface area contributed by atoms with Gasteiger partial charge in [-0.05, 0) is 57.5 Å². The van der Waals surface area contributed by atoms with E-state index in [0.717, 1.165) is 31.7 Å². The van der Waals surface area contributed by atoms with Crippen molar-refractivity contribution in [3.8, 4) is 0 Å². The van der Waals surface area contributed by atoms with Crippen LogP contribution in [0, 0.1) is 13.8 Å². The zero-order valence-corrected chi connectivity index (χ0v) is 16.1. The topological polar surface area (TPSA) is 87.6 Å². The third-order valence-corrected chi connectivity index (χ3v) is 5.21. The van der Waals surface area contributed by atoms with Crippen LogP contribution in [0.2, 0.25) is 0 Å². The molecule has 7 nitrogen and oxygen atoms in total. The SMILES string of the molecule is COC(=O)c1c(C)[nH]c(C(=O)NCC(c2ccco2)N2CCCCC2)c1C. The zero-order chi connectivity index (χ0) is 19.4. The van der Waals surface area contributed by atoms with Gasteiger partial charge in [-0.3, -0.25) is 9.69 Å². The van der Waals surface area contributed by atoms with Crippen LogP contribution in [0.1, 0.15) is 63.2 Å². The molecule has 0 bridgehead atoms. The van der Waals surface area contributed by atoms with Crippen LogP contribution >= 0.6 is 0 Å². The van der Waals surface area contributed by atoms with Gasteiger partial charge < -0.3 is 19.5 Å². The highest BCUT2D eigenvalue weighted by Crippen LogP contribution is 2.25. The average Bonchev–Trinajstić information content (AvgIpc) is 3.30. The molecular formula is C20H27N3O4. The summed E-state index contributed by atoms with van der Waals surface area (Å²) < 4.78 is 10.4. The van der Waals surface area contributed by atoms with Gasteiger partial charge in [0.15, 0.2) is 0 Å². The molecule has 0 saturated carbocycles. The minimum atomic E-state index is -0.443. The maximum Gasteiger partial charge on any atom is 0.339 e. The molecule has 0 aliphatic carbocycles. The Hall–Kier alpha value is -2.54. The number of esters is 1. The van der Waals surface area contributed by atoms with Crippen molar-refractivity contribution in [3.05, 3.63) is 46.7 Å². The van der Waals surface area contributed by atoms with Crippen LogP contribution < -0.4 is 5.32 Å². The second-order valence-corrected chi connectivity index (χ2v) is 6.95. The van der Waals surface area contributed by atoms with Gasteiger partial charge in [0.2, 0.25) is 0 Å². The highest BCUT2D eigenvalue weighted by atomic mass is 16.5. The van der Waals surface area contributed by atoms with Crippen molar-refractivity contribution in [3.63, 3.8) is 0 Å². The predicted molar refractivity (Wildman–Crippen MR) is 101 cm³/mol. The van der Waals surface area contributed by atoms with Crippen LogP contribution in [0.5, 0.6) is 0 Å². The molecule has 0 aromatic carbocycles. The van der Waals surface area contributed by atoms with Gasteiger partial charge in [0, 0.05) is 12.2 Å². The molecular weight excluding hydrogens is 346 g/mol. The Morgan fingerprint density at radius 1 is 1.30 bits per heavy atom. The lowest BCUT2D eigenvalue weighted by Gasteiger charge is -2.33. The number of H-pyrrole nitrogens is 1. The number of likely N-dealkylation sites (tertiary alicyclic amines) is 1. The summed E-state index contributed by atoms with van der Waals surface area (Å²) in [5.74, 6) is 0.174. The molecule has 1 fully saturated rings. The molecule has 3 rings (SSSR count). The van der Waals surface area contributed by atoms with E-state index in [0.29, 0.717) is 29.1 Å². The van der Waals surface area contributed by atoms with Crippen molar-refractivity contribution in [1.29, 1.82) is 0 Å². The largest absolute Gasteiger partial charge is 0.468 e. The number of ether oxygens (including phenoxy) is 1. The first kappa shape index (κ1) is 19.2. The molecule has 7 heteroatoms. The average molecular weight is 373 g/mol. The standard InChI is InChI=1S/C20H27N3O4/c1-13-17(20(25)26-3)14(2)22-18(13)19(24)21-12-15(16-8-7-11-27-16)23-9-5-4-6-10-23/h7-8,11,15,22H,4-6,9-10,12H2,1-3H3,(H,21,24). The van der Waals surface area contributed by atoms with E-state index >= 15 is 0 Å². The molecule has 1 amide bonds. The molecule has 1 aliphatic heterocycles. The third kappa shape index (κ3) is 4.08. The summed E-state index contributed by atoms with van der Waals surface area (Å²) in [5, 5.41) is 3.00. The predicted octanol–water partition coefficient (Wildman–Crippen LogP) is 2.97. The minimum absolute atomic E-state index is 0.000641. The smallest absolute Gasteiger partial charge is 0.339 e. The van der Waals surface area contributed by atoms with E-state index in [1.165, 1.54) is 13.5 Å². The lowest BCUT2D eigenvalue weighted by Crippen LogP contribution is -2.40. The number of aromatic amines is 1. The normalized spacial score (nSPS) is 16.1. The number of aromatic nitrogens is 1. The van der Waals surface area contributed by atoms with E-state index in [1.807, 2.05) is 12.1 Å². The van der Waals surface area contributed by atoms with Crippen LogP contribution in [0.3, 0.4) is 0 Å². The highest BCUT2D eigenvalue weighted by Gasteiger charge is 2.27. The lowest BCUT2D eigenvalue weighted by atomic mass is 10.1. The Labute approximate surface area is 159 Å². The molecule has 0 radical (unpaired) electrons. The van der Waals surface area contributed by atoms with Gasteiger partial charge in [0.05, 0.1) is 25.0 Å². The fourth-order valence-electron chi connectivity index (χ4n) is 3.78. The second-order valence-electron chi connectivity index (χ2n) is 6.95.